The summed E-state index contributed by atoms with van der Waals surface area (Å²) < 4.78 is 5.47. The second-order valence-electron chi connectivity index (χ2n) is 7.37. The maximum Gasteiger partial charge on any atom is 0.229 e. The highest BCUT2D eigenvalue weighted by atomic mass is 32.1. The van der Waals surface area contributed by atoms with Crippen molar-refractivity contribution in [2.75, 3.05) is 31.6 Å². The van der Waals surface area contributed by atoms with Gasteiger partial charge in [-0.3, -0.25) is 9.69 Å². The normalized spacial score (nSPS) is 19.1. The van der Waals surface area contributed by atoms with Gasteiger partial charge in [0.05, 0.1) is 18.9 Å². The predicted molar refractivity (Wildman–Crippen MR) is 109 cm³/mol. The van der Waals surface area contributed by atoms with Crippen molar-refractivity contribution in [3.8, 4) is 11.3 Å². The summed E-state index contributed by atoms with van der Waals surface area (Å²) in [4.78, 5) is 21.1. The van der Waals surface area contributed by atoms with Crippen LogP contribution in [0.5, 0.6) is 0 Å². The second-order valence-corrected chi connectivity index (χ2v) is 8.45. The third kappa shape index (κ3) is 4.75. The van der Waals surface area contributed by atoms with Gasteiger partial charge in [0.25, 0.3) is 0 Å². The van der Waals surface area contributed by atoms with Gasteiger partial charge in [-0.05, 0) is 12.8 Å². The molecule has 0 radical (unpaired) electrons. The van der Waals surface area contributed by atoms with Crippen molar-refractivity contribution in [1.29, 1.82) is 0 Å². The molecule has 1 aliphatic heterocycles. The van der Waals surface area contributed by atoms with Gasteiger partial charge in [-0.1, -0.05) is 60.9 Å². The third-order valence-electron chi connectivity index (χ3n) is 5.42. The zero-order valence-corrected chi connectivity index (χ0v) is 16.5. The Morgan fingerprint density at radius 2 is 1.89 bits per heavy atom. The first-order valence-corrected chi connectivity index (χ1v) is 10.8. The van der Waals surface area contributed by atoms with E-state index in [4.69, 9.17) is 9.72 Å². The number of ether oxygens (including phenoxy) is 1. The van der Waals surface area contributed by atoms with E-state index in [1.165, 1.54) is 11.3 Å². The van der Waals surface area contributed by atoms with Crippen LogP contribution in [-0.4, -0.2) is 42.1 Å². The number of thiazole rings is 1. The van der Waals surface area contributed by atoms with Gasteiger partial charge in [0.2, 0.25) is 5.91 Å². The van der Waals surface area contributed by atoms with Gasteiger partial charge in [0, 0.05) is 36.0 Å². The van der Waals surface area contributed by atoms with Gasteiger partial charge < -0.3 is 10.1 Å². The van der Waals surface area contributed by atoms with Gasteiger partial charge in [0.1, 0.15) is 0 Å². The maximum atomic E-state index is 12.6. The molecule has 0 bridgehead atoms. The number of nitrogens with zero attached hydrogens (tertiary/aromatic N) is 2. The molecule has 4 rings (SSSR count). The average Bonchev–Trinajstić information content (AvgIpc) is 3.12. The molecule has 1 saturated heterocycles. The first-order valence-electron chi connectivity index (χ1n) is 9.96. The molecule has 2 aliphatic rings. The molecule has 1 saturated carbocycles. The zero-order valence-electron chi connectivity index (χ0n) is 15.7. The molecule has 1 aliphatic carbocycles. The summed E-state index contributed by atoms with van der Waals surface area (Å²) in [7, 11) is 0. The number of hydrogen-bond acceptors (Lipinski definition) is 5. The quantitative estimate of drug-likeness (QED) is 0.840. The second kappa shape index (κ2) is 8.95. The molecule has 2 heterocycles. The lowest BCUT2D eigenvalue weighted by molar-refractivity contribution is -0.120. The lowest BCUT2D eigenvalue weighted by atomic mass is 9.89. The summed E-state index contributed by atoms with van der Waals surface area (Å²) in [5, 5.41) is 3.83. The van der Waals surface area contributed by atoms with Gasteiger partial charge in [-0.25, -0.2) is 4.98 Å². The summed E-state index contributed by atoms with van der Waals surface area (Å²) in [6.45, 7) is 4.30. The highest BCUT2D eigenvalue weighted by Crippen LogP contribution is 2.33. The molecular formula is C21H27N3O2S. The fraction of sp³-hybridized carbons (Fsp3) is 0.524. The number of nitrogens with one attached hydrogen (secondary N) is 1. The SMILES string of the molecule is O=C(Nc1nc(-c2ccccc2)c(CN2CCOCC2)s1)C1CCCCC1. The number of anilines is 1. The van der Waals surface area contributed by atoms with E-state index in [1.807, 2.05) is 18.2 Å². The smallest absolute Gasteiger partial charge is 0.229 e. The van der Waals surface area contributed by atoms with E-state index in [-0.39, 0.29) is 11.8 Å². The number of benzene rings is 1. The lowest BCUT2D eigenvalue weighted by Gasteiger charge is -2.26. The monoisotopic (exact) mass is 385 g/mol. The van der Waals surface area contributed by atoms with Crippen molar-refractivity contribution in [1.82, 2.24) is 9.88 Å². The Bertz CT molecular complexity index is 750. The number of amides is 1. The van der Waals surface area contributed by atoms with Crippen molar-refractivity contribution in [2.45, 2.75) is 38.6 Å². The van der Waals surface area contributed by atoms with E-state index in [1.54, 1.807) is 11.3 Å². The van der Waals surface area contributed by atoms with Crippen molar-refractivity contribution in [2.24, 2.45) is 5.92 Å². The van der Waals surface area contributed by atoms with Crippen LogP contribution in [0, 0.1) is 5.92 Å². The van der Waals surface area contributed by atoms with Crippen LogP contribution in [0.2, 0.25) is 0 Å². The van der Waals surface area contributed by atoms with Crippen LogP contribution < -0.4 is 5.32 Å². The molecule has 2 aromatic rings. The topological polar surface area (TPSA) is 54.5 Å². The Balaban J connectivity index is 1.54. The van der Waals surface area contributed by atoms with Crippen LogP contribution >= 0.6 is 11.3 Å². The molecular weight excluding hydrogens is 358 g/mol. The largest absolute Gasteiger partial charge is 0.379 e. The Labute approximate surface area is 164 Å². The van der Waals surface area contributed by atoms with Gasteiger partial charge in [-0.2, -0.15) is 0 Å². The summed E-state index contributed by atoms with van der Waals surface area (Å²) in [5.74, 6) is 0.284. The lowest BCUT2D eigenvalue weighted by Crippen LogP contribution is -2.35. The highest BCUT2D eigenvalue weighted by Gasteiger charge is 2.23. The Morgan fingerprint density at radius 1 is 1.15 bits per heavy atom. The summed E-state index contributed by atoms with van der Waals surface area (Å²) in [6, 6.07) is 10.3. The molecule has 0 spiro atoms. The summed E-state index contributed by atoms with van der Waals surface area (Å²) in [6.07, 6.45) is 5.58. The van der Waals surface area contributed by atoms with E-state index in [2.05, 4.69) is 22.3 Å². The molecule has 5 nitrogen and oxygen atoms in total. The molecule has 27 heavy (non-hydrogen) atoms. The Morgan fingerprint density at radius 3 is 2.63 bits per heavy atom. The molecule has 6 heteroatoms. The molecule has 2 fully saturated rings. The standard InChI is InChI=1S/C21H27N3O2S/c25-20(17-9-5-2-6-10-17)23-21-22-19(16-7-3-1-4-8-16)18(27-21)15-24-11-13-26-14-12-24/h1,3-4,7-8,17H,2,5-6,9-15H2,(H,22,23,25). The number of carbonyl (C=O) groups is 1. The van der Waals surface area contributed by atoms with E-state index in [9.17, 15) is 4.79 Å². The minimum Gasteiger partial charge on any atom is -0.379 e. The van der Waals surface area contributed by atoms with Gasteiger partial charge in [-0.15, -0.1) is 0 Å². The molecule has 1 aromatic heterocycles. The zero-order chi connectivity index (χ0) is 18.5. The number of carbonyl (C=O) groups excluding carboxylic acids is 1. The highest BCUT2D eigenvalue weighted by molar-refractivity contribution is 7.16. The van der Waals surface area contributed by atoms with E-state index in [0.717, 1.165) is 74.9 Å². The van der Waals surface area contributed by atoms with Gasteiger partial charge in [0.15, 0.2) is 5.13 Å². The first kappa shape index (κ1) is 18.6. The van der Waals surface area contributed by atoms with Gasteiger partial charge >= 0.3 is 0 Å². The predicted octanol–water partition coefficient (Wildman–Crippen LogP) is 4.16. The van der Waals surface area contributed by atoms with Crippen LogP contribution in [-0.2, 0) is 16.1 Å². The number of hydrogen-bond donors (Lipinski definition) is 1. The maximum absolute atomic E-state index is 12.6. The number of morpholine rings is 1. The first-order chi connectivity index (χ1) is 13.3. The fourth-order valence-electron chi connectivity index (χ4n) is 3.87. The molecule has 144 valence electrons. The minimum absolute atomic E-state index is 0.140. The van der Waals surface area contributed by atoms with Crippen LogP contribution in [0.15, 0.2) is 30.3 Å². The summed E-state index contributed by atoms with van der Waals surface area (Å²) >= 11 is 1.61. The van der Waals surface area contributed by atoms with E-state index < -0.39 is 0 Å². The Hall–Kier alpha value is -1.76. The minimum atomic E-state index is 0.140. The molecule has 0 atom stereocenters. The number of aromatic nitrogens is 1. The van der Waals surface area contributed by atoms with E-state index in [0.29, 0.717) is 0 Å². The van der Waals surface area contributed by atoms with Crippen molar-refractivity contribution >= 4 is 22.4 Å². The third-order valence-corrected chi connectivity index (χ3v) is 6.38. The fourth-order valence-corrected chi connectivity index (χ4v) is 4.90. The molecule has 0 unspecified atom stereocenters. The van der Waals surface area contributed by atoms with E-state index >= 15 is 0 Å². The average molecular weight is 386 g/mol. The van der Waals surface area contributed by atoms with Crippen molar-refractivity contribution in [3.05, 3.63) is 35.2 Å². The van der Waals surface area contributed by atoms with Crippen LogP contribution in [0.3, 0.4) is 0 Å². The van der Waals surface area contributed by atoms with Crippen LogP contribution in [0.25, 0.3) is 11.3 Å². The number of rotatable bonds is 5. The van der Waals surface area contributed by atoms with Crippen LogP contribution in [0.1, 0.15) is 37.0 Å². The molecule has 1 amide bonds. The van der Waals surface area contributed by atoms with Crippen molar-refractivity contribution < 1.29 is 9.53 Å². The summed E-state index contributed by atoms with van der Waals surface area (Å²) in [5.41, 5.74) is 2.10. The van der Waals surface area contributed by atoms with Crippen molar-refractivity contribution in [3.63, 3.8) is 0 Å². The Kier molecular flexibility index (Phi) is 6.17. The molecule has 1 N–H and O–H groups in total. The van der Waals surface area contributed by atoms with Crippen LogP contribution in [0.4, 0.5) is 5.13 Å². The molecule has 1 aromatic carbocycles.